The average molecular weight is 293 g/mol. The number of carboxylic acids is 2. The van der Waals surface area contributed by atoms with Crippen LogP contribution in [0.3, 0.4) is 0 Å². The van der Waals surface area contributed by atoms with E-state index in [1.807, 2.05) is 0 Å². The first-order chi connectivity index (χ1) is 9.29. The Labute approximate surface area is 136 Å². The van der Waals surface area contributed by atoms with E-state index in [9.17, 15) is 19.5 Å². The summed E-state index contributed by atoms with van der Waals surface area (Å²) in [4.78, 5) is 32.9. The number of carboxylic acid groups (broad SMARTS) is 2. The van der Waals surface area contributed by atoms with Crippen molar-refractivity contribution >= 4 is 36.8 Å². The van der Waals surface area contributed by atoms with Gasteiger partial charge in [-0.2, -0.15) is 0 Å². The van der Waals surface area contributed by atoms with Gasteiger partial charge in [0.25, 0.3) is 0 Å². The van der Waals surface area contributed by atoms with Crippen molar-refractivity contribution in [1.29, 1.82) is 0 Å². The molecule has 0 spiro atoms. The van der Waals surface area contributed by atoms with E-state index in [1.54, 1.807) is 6.92 Å². The molecule has 115 valence electrons. The number of aliphatic carboxylic acids is 2. The second kappa shape index (κ2) is 11.4. The van der Waals surface area contributed by atoms with Crippen LogP contribution in [0.25, 0.3) is 0 Å². The SMILES string of the molecule is [CH2]C(C)C(OC(=O)C=C)C(CCCCC(=O)O)C(=O)O.[LiH]. The Balaban J connectivity index is 0. The first-order valence-corrected chi connectivity index (χ1v) is 6.40. The summed E-state index contributed by atoms with van der Waals surface area (Å²) in [5, 5.41) is 17.8. The van der Waals surface area contributed by atoms with Gasteiger partial charge in [-0.25, -0.2) is 4.79 Å². The van der Waals surface area contributed by atoms with E-state index in [2.05, 4.69) is 13.5 Å². The fourth-order valence-electron chi connectivity index (χ4n) is 1.85. The van der Waals surface area contributed by atoms with Gasteiger partial charge in [0.15, 0.2) is 0 Å². The van der Waals surface area contributed by atoms with E-state index in [0.29, 0.717) is 12.8 Å². The monoisotopic (exact) mass is 293 g/mol. The van der Waals surface area contributed by atoms with Gasteiger partial charge in [0.1, 0.15) is 6.10 Å². The predicted octanol–water partition coefficient (Wildman–Crippen LogP) is 1.25. The Hall–Kier alpha value is -1.25. The van der Waals surface area contributed by atoms with Crippen LogP contribution in [-0.2, 0) is 19.1 Å². The van der Waals surface area contributed by atoms with Gasteiger partial charge in [0, 0.05) is 12.5 Å². The molecule has 0 aromatic carbocycles. The van der Waals surface area contributed by atoms with Gasteiger partial charge in [0.05, 0.1) is 5.92 Å². The van der Waals surface area contributed by atoms with Crippen molar-refractivity contribution in [3.63, 3.8) is 0 Å². The Bertz CT molecular complexity index is 366. The normalized spacial score (nSPS) is 12.9. The molecule has 0 fully saturated rings. The van der Waals surface area contributed by atoms with Gasteiger partial charge < -0.3 is 14.9 Å². The summed E-state index contributed by atoms with van der Waals surface area (Å²) in [6.07, 6.45) is 1.15. The molecule has 0 aromatic rings. The van der Waals surface area contributed by atoms with E-state index in [-0.39, 0.29) is 31.7 Å². The first-order valence-electron chi connectivity index (χ1n) is 6.40. The minimum atomic E-state index is -1.09. The quantitative estimate of drug-likeness (QED) is 0.272. The molecule has 21 heavy (non-hydrogen) atoms. The molecule has 0 bridgehead atoms. The van der Waals surface area contributed by atoms with Gasteiger partial charge in [-0.3, -0.25) is 9.59 Å². The van der Waals surface area contributed by atoms with Crippen LogP contribution in [0.15, 0.2) is 12.7 Å². The van der Waals surface area contributed by atoms with Crippen molar-refractivity contribution in [1.82, 2.24) is 0 Å². The summed E-state index contributed by atoms with van der Waals surface area (Å²) in [7, 11) is 0. The Kier molecular flexibility index (Phi) is 12.0. The summed E-state index contributed by atoms with van der Waals surface area (Å²) < 4.78 is 5.05. The Morgan fingerprint density at radius 1 is 1.24 bits per heavy atom. The van der Waals surface area contributed by atoms with Crippen LogP contribution >= 0.6 is 0 Å². The summed E-state index contributed by atoms with van der Waals surface area (Å²) in [5.41, 5.74) is 0. The van der Waals surface area contributed by atoms with E-state index in [4.69, 9.17) is 9.84 Å². The third-order valence-electron chi connectivity index (χ3n) is 2.85. The molecule has 3 atom stereocenters. The molecule has 6 nitrogen and oxygen atoms in total. The zero-order valence-electron chi connectivity index (χ0n) is 11.6. The molecule has 0 rings (SSSR count). The van der Waals surface area contributed by atoms with Crippen LogP contribution in [-0.4, -0.2) is 53.1 Å². The number of carbonyl (C=O) groups excluding carboxylic acids is 1. The number of hydrogen-bond acceptors (Lipinski definition) is 4. The fourth-order valence-corrected chi connectivity index (χ4v) is 1.85. The Morgan fingerprint density at radius 2 is 1.81 bits per heavy atom. The molecular formula is C14H22LiO6. The molecule has 0 aliphatic heterocycles. The topological polar surface area (TPSA) is 101 Å². The summed E-state index contributed by atoms with van der Waals surface area (Å²) in [6.45, 7) is 8.64. The number of esters is 1. The number of carbonyl (C=O) groups is 3. The van der Waals surface area contributed by atoms with Crippen molar-refractivity contribution in [2.45, 2.75) is 38.7 Å². The molecule has 0 saturated heterocycles. The van der Waals surface area contributed by atoms with Crippen LogP contribution in [0.5, 0.6) is 0 Å². The van der Waals surface area contributed by atoms with Crippen LogP contribution in [0.2, 0.25) is 0 Å². The van der Waals surface area contributed by atoms with Crippen LogP contribution in [0, 0.1) is 18.8 Å². The van der Waals surface area contributed by atoms with Crippen molar-refractivity contribution in [3.05, 3.63) is 19.6 Å². The van der Waals surface area contributed by atoms with Crippen LogP contribution in [0.1, 0.15) is 32.6 Å². The van der Waals surface area contributed by atoms with Gasteiger partial charge in [0.2, 0.25) is 0 Å². The van der Waals surface area contributed by atoms with Crippen LogP contribution in [0.4, 0.5) is 0 Å². The molecule has 0 aliphatic rings. The number of hydrogen-bond donors (Lipinski definition) is 2. The van der Waals surface area contributed by atoms with E-state index in [1.165, 1.54) is 0 Å². The first kappa shape index (κ1) is 22.0. The molecule has 0 heterocycles. The molecule has 0 aliphatic carbocycles. The predicted molar refractivity (Wildman–Crippen MR) is 79.0 cm³/mol. The molecule has 0 saturated carbocycles. The van der Waals surface area contributed by atoms with E-state index < -0.39 is 35.8 Å². The van der Waals surface area contributed by atoms with E-state index in [0.717, 1.165) is 6.08 Å². The zero-order chi connectivity index (χ0) is 15.7. The van der Waals surface area contributed by atoms with Crippen molar-refractivity contribution in [3.8, 4) is 0 Å². The summed E-state index contributed by atoms with van der Waals surface area (Å²) >= 11 is 0. The molecular weight excluding hydrogens is 271 g/mol. The van der Waals surface area contributed by atoms with Gasteiger partial charge >= 0.3 is 36.8 Å². The summed E-state index contributed by atoms with van der Waals surface area (Å²) in [6, 6.07) is 0. The number of rotatable bonds is 10. The number of ether oxygens (including phenoxy) is 1. The molecule has 3 unspecified atom stereocenters. The molecule has 7 heteroatoms. The van der Waals surface area contributed by atoms with Gasteiger partial charge in [-0.15, -0.1) is 0 Å². The molecule has 1 radical (unpaired) electrons. The summed E-state index contributed by atoms with van der Waals surface area (Å²) in [5.74, 6) is -4.00. The average Bonchev–Trinajstić information content (AvgIpc) is 2.35. The van der Waals surface area contributed by atoms with E-state index >= 15 is 0 Å². The van der Waals surface area contributed by atoms with Gasteiger partial charge in [-0.1, -0.05) is 19.9 Å². The second-order valence-electron chi connectivity index (χ2n) is 4.67. The maximum absolute atomic E-state index is 11.3. The minimum absolute atomic E-state index is 0. The molecule has 0 aromatic heterocycles. The van der Waals surface area contributed by atoms with Crippen molar-refractivity contribution in [2.24, 2.45) is 11.8 Å². The number of unbranched alkanes of at least 4 members (excludes halogenated alkanes) is 1. The maximum atomic E-state index is 11.3. The Morgan fingerprint density at radius 3 is 2.19 bits per heavy atom. The van der Waals surface area contributed by atoms with Crippen molar-refractivity contribution < 1.29 is 29.3 Å². The third kappa shape index (κ3) is 9.32. The third-order valence-corrected chi connectivity index (χ3v) is 2.85. The molecule has 0 amide bonds. The van der Waals surface area contributed by atoms with Crippen LogP contribution < -0.4 is 0 Å². The molecule has 2 N–H and O–H groups in total. The second-order valence-corrected chi connectivity index (χ2v) is 4.67. The van der Waals surface area contributed by atoms with Crippen molar-refractivity contribution in [2.75, 3.05) is 0 Å². The zero-order valence-corrected chi connectivity index (χ0v) is 11.6. The van der Waals surface area contributed by atoms with Gasteiger partial charge in [-0.05, 0) is 25.7 Å². The standard InChI is InChI=1S/C14H21O6.Li.H/c1-4-12(17)20-13(9(2)3)10(14(18)19)7-5-6-8-11(15)16;;/h4,9-10,13H,1-2,5-8H2,3H3,(H,15,16)(H,18,19);;. The fraction of sp³-hybridized carbons (Fsp3) is 0.571.